The van der Waals surface area contributed by atoms with Gasteiger partial charge in [0, 0.05) is 24.7 Å². The Balaban J connectivity index is 1.07. The molecule has 386 valence electrons. The maximum absolute atomic E-state index is 12.6. The number of fused-ring (bicyclic) bond motifs is 1. The highest BCUT2D eigenvalue weighted by Crippen LogP contribution is 2.43. The Bertz CT molecular complexity index is 1760. The summed E-state index contributed by atoms with van der Waals surface area (Å²) in [5, 5.41) is 27.5. The first-order valence-corrected chi connectivity index (χ1v) is 30.5. The molecule has 1 aromatic rings. The first-order chi connectivity index (χ1) is 32.2. The number of amides is 1. The van der Waals surface area contributed by atoms with Crippen LogP contribution in [0.4, 0.5) is 0 Å². The second-order valence-electron chi connectivity index (χ2n) is 20.9. The average molecular weight is 1090 g/mol. The monoisotopic (exact) mass is 1090 g/mol. The molecule has 0 saturated carbocycles. The average Bonchev–Trinajstić information content (AvgIpc) is 3.29. The Morgan fingerprint density at radius 1 is 0.676 bits per heavy atom. The predicted molar refractivity (Wildman–Crippen MR) is 257 cm³/mol. The zero-order chi connectivity index (χ0) is 49.4. The van der Waals surface area contributed by atoms with Crippen molar-refractivity contribution in [3.63, 3.8) is 0 Å². The van der Waals surface area contributed by atoms with Crippen LogP contribution in [0.15, 0.2) is 30.3 Å². The molecule has 25 atom stereocenters. The Morgan fingerprint density at radius 3 is 1.84 bits per heavy atom. The van der Waals surface area contributed by atoms with Crippen LogP contribution in [0.3, 0.4) is 0 Å². The number of carbonyl (C=O) groups is 1. The summed E-state index contributed by atoms with van der Waals surface area (Å²) in [6.45, 7) is 26.7. The van der Waals surface area contributed by atoms with Gasteiger partial charge in [0.15, 0.2) is 37.2 Å². The van der Waals surface area contributed by atoms with Crippen molar-refractivity contribution in [2.45, 2.75) is 213 Å². The molecule has 1 aromatic carbocycles. The predicted octanol–water partition coefficient (Wildman–Crippen LogP) is 4.98. The van der Waals surface area contributed by atoms with E-state index in [0.29, 0.717) is 13.2 Å². The topological polar surface area (TPSA) is 190 Å². The number of aliphatic hydroxyl groups excluding tert-OH is 2. The molecule has 6 aliphatic rings. The zero-order valence-electron chi connectivity index (χ0n) is 42.1. The van der Waals surface area contributed by atoms with Crippen LogP contribution in [-0.4, -0.2) is 158 Å². The molecule has 0 aromatic heterocycles. The Kier molecular flexibility index (Phi) is 19.2. The van der Waals surface area contributed by atoms with E-state index in [1.54, 1.807) is 13.8 Å². The fraction of sp³-hybridized carbons (Fsp3) is 0.857. The third-order valence-corrected chi connectivity index (χ3v) is 17.5. The maximum Gasteiger partial charge on any atom is 0.527 e. The van der Waals surface area contributed by atoms with Gasteiger partial charge in [-0.1, -0.05) is 78.8 Å². The van der Waals surface area contributed by atoms with Crippen molar-refractivity contribution in [2.24, 2.45) is 41.4 Å². The lowest BCUT2D eigenvalue weighted by atomic mass is 9.79. The second kappa shape index (κ2) is 23.7. The molecule has 3 N–H and O–H groups in total. The number of rotatable bonds is 15. The van der Waals surface area contributed by atoms with Crippen LogP contribution in [0.2, 0.25) is 0 Å². The summed E-state index contributed by atoms with van der Waals surface area (Å²) < 4.78 is 84.5. The third kappa shape index (κ3) is 12.5. The molecule has 17 nitrogen and oxygen atoms in total. The summed E-state index contributed by atoms with van der Waals surface area (Å²) in [4.78, 5) is 12.6. The van der Waals surface area contributed by atoms with E-state index in [1.807, 2.05) is 65.0 Å². The van der Waals surface area contributed by atoms with Gasteiger partial charge in [0.05, 0.1) is 56.4 Å². The van der Waals surface area contributed by atoms with Crippen LogP contribution in [-0.2, 0) is 72.0 Å². The summed E-state index contributed by atoms with van der Waals surface area (Å²) in [6.07, 6.45) is -12.9. The molecule has 10 unspecified atom stereocenters. The van der Waals surface area contributed by atoms with Gasteiger partial charge in [-0.2, -0.15) is 20.3 Å². The highest BCUT2D eigenvalue weighted by Gasteiger charge is 2.57. The van der Waals surface area contributed by atoms with Gasteiger partial charge in [0.2, 0.25) is 5.91 Å². The molecule has 6 heterocycles. The number of benzene rings is 1. The molecule has 7 rings (SSSR count). The Labute approximate surface area is 420 Å². The standard InChI is InChI=1S/C49H78NO16.Al.HI.H/c1-22-24(3)34(20-55-19-33-17-15-14-16-18-33)61-45(26(22)5)62-39-27(6)30(9)57-46(37(39)52)64-41-25(4)23(2)29(8)59-48(41)63-40-28(7)31(10)58-47(38(40)53)65-43-36(50-32(11)51)44(54)60-35-21-56-49(12,13)66-42(35)43;;;/h14-18,22-31,34-48,52-53H,19-21H2,1-13H3,(H,50,51);;1H;/q-1;+2;;/p-1/t22?,23-,24+,25+,26?,27+,28+,29?,30?,31?,34+,35?,36?,37?,38?,39+,40+,41?,42-,43-,44-,45-,46+,47+,48+;;;/m1.../s1. The van der Waals surface area contributed by atoms with E-state index in [9.17, 15) is 15.0 Å². The molecule has 6 saturated heterocycles. The van der Waals surface area contributed by atoms with Crippen molar-refractivity contribution >= 4 is 38.5 Å². The number of nitrogens with one attached hydrogen (secondary N) is 1. The normalized spacial score (nSPS) is 47.4. The number of halogens is 1. The Hall–Kier alpha value is -0.648. The number of hydrogen-bond donors (Lipinski definition) is 3. The van der Waals surface area contributed by atoms with Crippen LogP contribution in [0.25, 0.3) is 0 Å². The smallest absolute Gasteiger partial charge is 0.471 e. The van der Waals surface area contributed by atoms with E-state index in [-0.39, 0.29) is 72.3 Å². The third-order valence-electron chi connectivity index (χ3n) is 16.0. The van der Waals surface area contributed by atoms with E-state index >= 15 is 0 Å². The van der Waals surface area contributed by atoms with E-state index in [4.69, 9.17) is 60.6 Å². The van der Waals surface area contributed by atoms with Crippen LogP contribution in [0.1, 0.15) is 95.6 Å². The molecule has 68 heavy (non-hydrogen) atoms. The lowest BCUT2D eigenvalue weighted by Gasteiger charge is -2.53. The van der Waals surface area contributed by atoms with Gasteiger partial charge in [-0.05, 0) is 63.9 Å². The molecule has 0 bridgehead atoms. The molecular formula is C49H79AlINO16. The van der Waals surface area contributed by atoms with Gasteiger partial charge >= 0.3 is 12.3 Å². The van der Waals surface area contributed by atoms with Gasteiger partial charge in [-0.3, -0.25) is 4.79 Å². The highest BCUT2D eigenvalue weighted by atomic mass is 127. The molecule has 6 fully saturated rings. The second-order valence-corrected chi connectivity index (χ2v) is 23.3. The van der Waals surface area contributed by atoms with Crippen LogP contribution in [0, 0.1) is 41.4 Å². The van der Waals surface area contributed by atoms with Crippen molar-refractivity contribution in [2.75, 3.05) is 13.2 Å². The molecule has 1 amide bonds. The van der Waals surface area contributed by atoms with Gasteiger partial charge < -0.3 is 76.2 Å². The fourth-order valence-corrected chi connectivity index (χ4v) is 12.0. The fourth-order valence-electron chi connectivity index (χ4n) is 10.5. The number of hydrogen-bond acceptors (Lipinski definition) is 16. The summed E-state index contributed by atoms with van der Waals surface area (Å²) in [5.74, 6) is -1.40. The van der Waals surface area contributed by atoms with E-state index in [1.165, 1.54) is 6.92 Å². The minimum absolute atomic E-state index is 0.0358. The molecule has 6 aliphatic heterocycles. The zero-order valence-corrected chi connectivity index (χ0v) is 45.7. The number of aliphatic hydroxyl groups is 2. The maximum atomic E-state index is 12.6. The van der Waals surface area contributed by atoms with E-state index in [2.05, 4.69) is 60.2 Å². The van der Waals surface area contributed by atoms with Crippen molar-refractivity contribution in [1.29, 1.82) is 0 Å². The number of ether oxygens (including phenoxy) is 12. The lowest BCUT2D eigenvalue weighted by molar-refractivity contribution is -0.395. The first kappa shape index (κ1) is 55.1. The minimum Gasteiger partial charge on any atom is -0.471 e. The van der Waals surface area contributed by atoms with Crippen molar-refractivity contribution < 1.29 is 75.6 Å². The van der Waals surface area contributed by atoms with Crippen LogP contribution in [0.5, 0.6) is 0 Å². The lowest BCUT2D eigenvalue weighted by Crippen LogP contribution is -2.70. The van der Waals surface area contributed by atoms with Crippen LogP contribution < -0.4 is 5.32 Å². The number of carbonyl (C=O) groups excluding carboxylic acids is 1. The van der Waals surface area contributed by atoms with Crippen molar-refractivity contribution in [1.82, 2.24) is 5.32 Å². The minimum atomic E-state index is -1.33. The molecule has 0 spiro atoms. The van der Waals surface area contributed by atoms with E-state index in [0.717, 1.165) is 5.56 Å². The summed E-state index contributed by atoms with van der Waals surface area (Å²) in [6, 6.07) is 9.29. The summed E-state index contributed by atoms with van der Waals surface area (Å²) >= 11 is 1.18. The largest absolute Gasteiger partial charge is 0.527 e. The van der Waals surface area contributed by atoms with Crippen molar-refractivity contribution in [3.05, 3.63) is 35.9 Å². The molecule has 0 radical (unpaired) electrons. The van der Waals surface area contributed by atoms with Gasteiger partial charge in [-0.25, -0.2) is 0 Å². The van der Waals surface area contributed by atoms with Gasteiger partial charge in [0.1, 0.15) is 42.7 Å². The first-order valence-electron chi connectivity index (χ1n) is 24.8. The summed E-state index contributed by atoms with van der Waals surface area (Å²) in [5.41, 5.74) is 1.10. The molecular weight excluding hydrogens is 1010 g/mol. The quantitative estimate of drug-likeness (QED) is 0.158. The van der Waals surface area contributed by atoms with Crippen molar-refractivity contribution in [3.8, 4) is 0 Å². The van der Waals surface area contributed by atoms with Gasteiger partial charge in [0.25, 0.3) is 0 Å². The SMILES string of the molecule is CC(=O)NC1[C@H]([O][AlH][I])OC2COC(C)(C)O[C@H]2[C@@H]1O[C@@H]1OC(C)[C@H](C)[C@H](O[C@@H]2OC(C)[C@H](C)[C@H](C)C2O[C@@H]2OC(C)[C@H](C)[C@H](O[C@H]3O[C@@H](COCc4ccccc4)[C@@H](C)C(C)C3C)C2O)C1O. The highest BCUT2D eigenvalue weighted by molar-refractivity contribution is 14.1. The summed E-state index contributed by atoms with van der Waals surface area (Å²) in [7, 11) is 0. The van der Waals surface area contributed by atoms with E-state index < -0.39 is 110 Å². The van der Waals surface area contributed by atoms with Gasteiger partial charge in [-0.15, -0.1) is 0 Å². The molecule has 19 heteroatoms. The van der Waals surface area contributed by atoms with Crippen LogP contribution >= 0.6 is 20.3 Å². The Morgan fingerprint density at radius 2 is 1.24 bits per heavy atom. The molecule has 0 aliphatic carbocycles.